The maximum absolute atomic E-state index is 12.0. The zero-order valence-corrected chi connectivity index (χ0v) is 10.6. The first-order valence-electron chi connectivity index (χ1n) is 6.14. The summed E-state index contributed by atoms with van der Waals surface area (Å²) in [6, 6.07) is 5.26. The van der Waals surface area contributed by atoms with Crippen LogP contribution in [0.15, 0.2) is 24.3 Å². The number of carbonyl (C=O) groups excluding carboxylic acids is 1. The molecule has 0 bridgehead atoms. The Morgan fingerprint density at radius 2 is 2.05 bits per heavy atom. The Kier molecular flexibility index (Phi) is 4.61. The zero-order valence-electron chi connectivity index (χ0n) is 10.6. The Labute approximate surface area is 113 Å². The third-order valence-electron chi connectivity index (χ3n) is 2.82. The lowest BCUT2D eigenvalue weighted by atomic mass is 10.0. The van der Waals surface area contributed by atoms with Gasteiger partial charge in [0.2, 0.25) is 0 Å². The minimum absolute atomic E-state index is 0.0957. The van der Waals surface area contributed by atoms with Crippen molar-refractivity contribution in [1.82, 2.24) is 5.32 Å². The fraction of sp³-hybridized carbons (Fsp3) is 0.462. The molecule has 0 amide bonds. The largest absolute Gasteiger partial charge is 0.573 e. The molecule has 20 heavy (non-hydrogen) atoms. The average molecular weight is 289 g/mol. The van der Waals surface area contributed by atoms with Crippen LogP contribution in [-0.2, 0) is 16.0 Å². The SMILES string of the molecule is O=C(Cc1ccc(OC(F)(F)F)cc1)C1CNCCO1. The summed E-state index contributed by atoms with van der Waals surface area (Å²) in [6.45, 7) is 1.66. The van der Waals surface area contributed by atoms with Crippen molar-refractivity contribution in [3.8, 4) is 5.75 Å². The molecule has 1 fully saturated rings. The van der Waals surface area contributed by atoms with Crippen molar-refractivity contribution in [2.45, 2.75) is 18.9 Å². The van der Waals surface area contributed by atoms with Crippen LogP contribution >= 0.6 is 0 Å². The molecular formula is C13H14F3NO3. The molecule has 0 aromatic heterocycles. The Morgan fingerprint density at radius 3 is 2.60 bits per heavy atom. The van der Waals surface area contributed by atoms with E-state index in [0.717, 1.165) is 0 Å². The number of nitrogens with one attached hydrogen (secondary N) is 1. The van der Waals surface area contributed by atoms with Gasteiger partial charge in [0.1, 0.15) is 11.9 Å². The predicted molar refractivity (Wildman–Crippen MR) is 64.4 cm³/mol. The molecule has 7 heteroatoms. The average Bonchev–Trinajstić information content (AvgIpc) is 2.40. The van der Waals surface area contributed by atoms with Crippen molar-refractivity contribution in [3.63, 3.8) is 0 Å². The van der Waals surface area contributed by atoms with Crippen LogP contribution in [0.3, 0.4) is 0 Å². The number of benzene rings is 1. The van der Waals surface area contributed by atoms with Crippen molar-refractivity contribution in [1.29, 1.82) is 0 Å². The van der Waals surface area contributed by atoms with Gasteiger partial charge in [0.05, 0.1) is 6.61 Å². The van der Waals surface area contributed by atoms with Gasteiger partial charge in [-0.1, -0.05) is 12.1 Å². The first-order chi connectivity index (χ1) is 9.44. The van der Waals surface area contributed by atoms with Crippen LogP contribution in [0.2, 0.25) is 0 Å². The number of morpholine rings is 1. The van der Waals surface area contributed by atoms with Crippen molar-refractivity contribution in [3.05, 3.63) is 29.8 Å². The van der Waals surface area contributed by atoms with Gasteiger partial charge in [0.15, 0.2) is 5.78 Å². The summed E-state index contributed by atoms with van der Waals surface area (Å²) in [5, 5.41) is 3.05. The van der Waals surface area contributed by atoms with E-state index in [1.165, 1.54) is 24.3 Å². The molecule has 2 rings (SSSR count). The van der Waals surface area contributed by atoms with Gasteiger partial charge >= 0.3 is 6.36 Å². The fourth-order valence-corrected chi connectivity index (χ4v) is 1.90. The highest BCUT2D eigenvalue weighted by Gasteiger charge is 2.31. The Balaban J connectivity index is 1.91. The summed E-state index contributed by atoms with van der Waals surface area (Å²) in [4.78, 5) is 11.9. The monoisotopic (exact) mass is 289 g/mol. The molecule has 0 saturated carbocycles. The molecule has 4 nitrogen and oxygen atoms in total. The van der Waals surface area contributed by atoms with Crippen LogP contribution in [0.1, 0.15) is 5.56 Å². The lowest BCUT2D eigenvalue weighted by molar-refractivity contribution is -0.274. The molecular weight excluding hydrogens is 275 g/mol. The molecule has 1 atom stereocenters. The van der Waals surface area contributed by atoms with Crippen molar-refractivity contribution in [2.75, 3.05) is 19.7 Å². The van der Waals surface area contributed by atoms with Crippen molar-refractivity contribution in [2.24, 2.45) is 0 Å². The number of hydrogen-bond donors (Lipinski definition) is 1. The number of halogens is 3. The summed E-state index contributed by atoms with van der Waals surface area (Å²) in [6.07, 6.45) is -5.08. The van der Waals surface area contributed by atoms with E-state index in [1.54, 1.807) is 0 Å². The normalized spacial score (nSPS) is 19.6. The van der Waals surface area contributed by atoms with Crippen LogP contribution in [0.25, 0.3) is 0 Å². The number of carbonyl (C=O) groups is 1. The molecule has 110 valence electrons. The third kappa shape index (κ3) is 4.50. The minimum Gasteiger partial charge on any atom is -0.406 e. The molecule has 0 radical (unpaired) electrons. The number of ketones is 1. The first-order valence-corrected chi connectivity index (χ1v) is 6.14. The summed E-state index contributed by atoms with van der Waals surface area (Å²) >= 11 is 0. The van der Waals surface area contributed by atoms with E-state index in [0.29, 0.717) is 25.3 Å². The number of rotatable bonds is 4. The van der Waals surface area contributed by atoms with Crippen LogP contribution < -0.4 is 10.1 Å². The van der Waals surface area contributed by atoms with Gasteiger partial charge in [-0.25, -0.2) is 0 Å². The highest BCUT2D eigenvalue weighted by molar-refractivity contribution is 5.85. The fourth-order valence-electron chi connectivity index (χ4n) is 1.90. The van der Waals surface area contributed by atoms with Gasteiger partial charge in [-0.05, 0) is 17.7 Å². The molecule has 1 aliphatic heterocycles. The summed E-state index contributed by atoms with van der Waals surface area (Å²) in [7, 11) is 0. The molecule has 1 unspecified atom stereocenters. The van der Waals surface area contributed by atoms with Crippen LogP contribution in [0, 0.1) is 0 Å². The lowest BCUT2D eigenvalue weighted by Gasteiger charge is -2.22. The predicted octanol–water partition coefficient (Wildman–Crippen LogP) is 1.69. The lowest BCUT2D eigenvalue weighted by Crippen LogP contribution is -2.43. The van der Waals surface area contributed by atoms with Gasteiger partial charge in [-0.15, -0.1) is 13.2 Å². The van der Waals surface area contributed by atoms with Gasteiger partial charge in [-0.2, -0.15) is 0 Å². The van der Waals surface area contributed by atoms with Crippen LogP contribution in [-0.4, -0.2) is 37.9 Å². The van der Waals surface area contributed by atoms with Gasteiger partial charge < -0.3 is 14.8 Å². The maximum atomic E-state index is 12.0. The quantitative estimate of drug-likeness (QED) is 0.916. The Bertz CT molecular complexity index is 453. The number of alkyl halides is 3. The third-order valence-corrected chi connectivity index (χ3v) is 2.82. The van der Waals surface area contributed by atoms with E-state index in [4.69, 9.17) is 4.74 Å². The molecule has 1 saturated heterocycles. The highest BCUT2D eigenvalue weighted by Crippen LogP contribution is 2.23. The summed E-state index contributed by atoms with van der Waals surface area (Å²) < 4.78 is 45.1. The van der Waals surface area contributed by atoms with Gasteiger partial charge in [-0.3, -0.25) is 4.79 Å². The van der Waals surface area contributed by atoms with E-state index in [-0.39, 0.29) is 18.0 Å². The number of ether oxygens (including phenoxy) is 2. The van der Waals surface area contributed by atoms with Crippen molar-refractivity contribution < 1.29 is 27.4 Å². The molecule has 1 N–H and O–H groups in total. The van der Waals surface area contributed by atoms with E-state index in [1.807, 2.05) is 0 Å². The van der Waals surface area contributed by atoms with Gasteiger partial charge in [0.25, 0.3) is 0 Å². The maximum Gasteiger partial charge on any atom is 0.573 e. The molecule has 0 spiro atoms. The van der Waals surface area contributed by atoms with E-state index in [2.05, 4.69) is 10.1 Å². The summed E-state index contributed by atoms with van der Waals surface area (Å²) in [5.74, 6) is -0.397. The smallest absolute Gasteiger partial charge is 0.406 e. The molecule has 1 aromatic rings. The molecule has 0 aliphatic carbocycles. The number of Topliss-reactive ketones (excluding diaryl/α,β-unsaturated/α-hetero) is 1. The highest BCUT2D eigenvalue weighted by atomic mass is 19.4. The number of hydrogen-bond acceptors (Lipinski definition) is 4. The summed E-state index contributed by atoms with van der Waals surface area (Å²) in [5.41, 5.74) is 0.624. The van der Waals surface area contributed by atoms with Crippen LogP contribution in [0.5, 0.6) is 5.75 Å². The zero-order chi connectivity index (χ0) is 14.6. The molecule has 1 heterocycles. The Hall–Kier alpha value is -1.60. The van der Waals surface area contributed by atoms with E-state index in [9.17, 15) is 18.0 Å². The van der Waals surface area contributed by atoms with Crippen molar-refractivity contribution >= 4 is 5.78 Å². The topological polar surface area (TPSA) is 47.6 Å². The van der Waals surface area contributed by atoms with Crippen LogP contribution in [0.4, 0.5) is 13.2 Å². The van der Waals surface area contributed by atoms with Gasteiger partial charge in [0, 0.05) is 19.5 Å². The second-order valence-electron chi connectivity index (χ2n) is 4.40. The Morgan fingerprint density at radius 1 is 1.35 bits per heavy atom. The molecule has 1 aromatic carbocycles. The molecule has 1 aliphatic rings. The van der Waals surface area contributed by atoms with E-state index < -0.39 is 12.5 Å². The first kappa shape index (κ1) is 14.8. The second kappa shape index (κ2) is 6.23. The minimum atomic E-state index is -4.71. The van der Waals surface area contributed by atoms with E-state index >= 15 is 0 Å². The standard InChI is InChI=1S/C13H14F3NO3/c14-13(15,16)20-10-3-1-9(2-4-10)7-11(18)12-8-17-5-6-19-12/h1-4,12,17H,5-8H2. The second-order valence-corrected chi connectivity index (χ2v) is 4.40.